The molecule has 0 saturated carbocycles. The number of halogens is 1. The lowest BCUT2D eigenvalue weighted by Crippen LogP contribution is -2.34. The second-order valence-electron chi connectivity index (χ2n) is 8.91. The molecule has 0 unspecified atom stereocenters. The van der Waals surface area contributed by atoms with Gasteiger partial charge in [0.15, 0.2) is 11.6 Å². The molecule has 4 heterocycles. The number of aliphatic imine (C=N–C) groups is 1. The van der Waals surface area contributed by atoms with Crippen molar-refractivity contribution < 1.29 is 14.0 Å². The number of nitrogens with one attached hydrogen (secondary N) is 1. The molecule has 3 aromatic rings. The molecule has 1 aromatic carbocycles. The molecule has 1 amide bonds. The Morgan fingerprint density at radius 2 is 2.03 bits per heavy atom. The minimum Gasteiger partial charge on any atom is -0.459 e. The fraction of sp³-hybridized carbons (Fsp3) is 0.308. The van der Waals surface area contributed by atoms with Gasteiger partial charge in [0.1, 0.15) is 5.78 Å². The van der Waals surface area contributed by atoms with Crippen LogP contribution in [0.3, 0.4) is 0 Å². The molecule has 7 nitrogen and oxygen atoms in total. The van der Waals surface area contributed by atoms with Crippen LogP contribution in [0.2, 0.25) is 5.02 Å². The van der Waals surface area contributed by atoms with E-state index in [4.69, 9.17) is 16.0 Å². The average Bonchev–Trinajstić information content (AvgIpc) is 3.51. The smallest absolute Gasteiger partial charge is 0.291 e. The lowest BCUT2D eigenvalue weighted by atomic mass is 9.89. The number of aromatic nitrogens is 1. The maximum atomic E-state index is 12.8. The number of furan rings is 1. The van der Waals surface area contributed by atoms with Crippen LogP contribution in [0.1, 0.15) is 40.1 Å². The highest BCUT2D eigenvalue weighted by Crippen LogP contribution is 2.32. The van der Waals surface area contributed by atoms with Gasteiger partial charge in [-0.05, 0) is 74.9 Å². The Balaban J connectivity index is 1.28. The zero-order chi connectivity index (χ0) is 23.7. The molecule has 0 aliphatic carbocycles. The molecule has 0 spiro atoms. The third-order valence-electron chi connectivity index (χ3n) is 6.43. The summed E-state index contributed by atoms with van der Waals surface area (Å²) in [6.07, 6.45) is 6.01. The van der Waals surface area contributed by atoms with E-state index < -0.39 is 0 Å². The van der Waals surface area contributed by atoms with Crippen LogP contribution in [0.4, 0.5) is 11.5 Å². The summed E-state index contributed by atoms with van der Waals surface area (Å²) in [5, 5.41) is 3.36. The number of rotatable bonds is 6. The molecule has 0 bridgehead atoms. The second kappa shape index (κ2) is 9.52. The van der Waals surface area contributed by atoms with Crippen molar-refractivity contribution in [3.63, 3.8) is 0 Å². The highest BCUT2D eigenvalue weighted by molar-refractivity contribution is 6.34. The van der Waals surface area contributed by atoms with Gasteiger partial charge in [-0.25, -0.2) is 9.98 Å². The largest absolute Gasteiger partial charge is 0.459 e. The maximum Gasteiger partial charge on any atom is 0.291 e. The lowest BCUT2D eigenvalue weighted by Gasteiger charge is -2.28. The Labute approximate surface area is 202 Å². The van der Waals surface area contributed by atoms with Crippen LogP contribution in [0.15, 0.2) is 58.3 Å². The van der Waals surface area contributed by atoms with Gasteiger partial charge in [0, 0.05) is 46.8 Å². The summed E-state index contributed by atoms with van der Waals surface area (Å²) in [6.45, 7) is 1.94. The molecule has 1 saturated heterocycles. The number of hydrogen-bond donors (Lipinski definition) is 1. The van der Waals surface area contributed by atoms with Crippen molar-refractivity contribution in [2.24, 2.45) is 10.9 Å². The Kier molecular flexibility index (Phi) is 6.30. The van der Waals surface area contributed by atoms with E-state index in [0.717, 1.165) is 48.3 Å². The molecule has 1 fully saturated rings. The molecular weight excluding hydrogens is 452 g/mol. The van der Waals surface area contributed by atoms with Gasteiger partial charge >= 0.3 is 0 Å². The van der Waals surface area contributed by atoms with Gasteiger partial charge in [0.05, 0.1) is 12.0 Å². The third-order valence-corrected chi connectivity index (χ3v) is 6.76. The first-order valence-electron chi connectivity index (χ1n) is 11.4. The number of fused-ring (bicyclic) bond motifs is 1. The second-order valence-corrected chi connectivity index (χ2v) is 9.32. The van der Waals surface area contributed by atoms with Crippen molar-refractivity contribution in [1.82, 2.24) is 9.88 Å². The molecule has 5 rings (SSSR count). The van der Waals surface area contributed by atoms with Crippen molar-refractivity contribution in [3.05, 3.63) is 76.3 Å². The minimum atomic E-state index is -0.337. The standard InChI is InChI=1S/C26H25ClN4O3/c1-31-8-6-17(7-9-31)23(32)12-16-11-18-13-22(30-25(18)28-15-16)20-14-19(4-5-21(20)27)29-26(33)24-3-2-10-34-24/h2-5,10-11,14-15,17H,6-9,12-13H2,1H3,(H,29,33). The Hall–Kier alpha value is -3.29. The fourth-order valence-electron chi connectivity index (χ4n) is 4.48. The first-order chi connectivity index (χ1) is 16.5. The maximum absolute atomic E-state index is 12.8. The summed E-state index contributed by atoms with van der Waals surface area (Å²) < 4.78 is 5.15. The van der Waals surface area contributed by atoms with Gasteiger partial charge in [0.25, 0.3) is 5.91 Å². The van der Waals surface area contributed by atoms with Crippen molar-refractivity contribution in [3.8, 4) is 0 Å². The molecule has 2 aliphatic rings. The van der Waals surface area contributed by atoms with E-state index in [1.54, 1.807) is 36.5 Å². The van der Waals surface area contributed by atoms with E-state index in [1.165, 1.54) is 6.26 Å². The summed E-state index contributed by atoms with van der Waals surface area (Å²) in [5.74, 6) is 0.960. The number of anilines is 1. The summed E-state index contributed by atoms with van der Waals surface area (Å²) in [5.41, 5.74) is 4.01. The van der Waals surface area contributed by atoms with Crippen LogP contribution in [0, 0.1) is 5.92 Å². The summed E-state index contributed by atoms with van der Waals surface area (Å²) >= 11 is 6.47. The fourth-order valence-corrected chi connectivity index (χ4v) is 4.71. The normalized spacial score (nSPS) is 16.2. The van der Waals surface area contributed by atoms with Gasteiger partial charge < -0.3 is 14.6 Å². The Morgan fingerprint density at radius 1 is 1.21 bits per heavy atom. The van der Waals surface area contributed by atoms with Gasteiger partial charge in [-0.2, -0.15) is 0 Å². The lowest BCUT2D eigenvalue weighted by molar-refractivity contribution is -0.123. The Morgan fingerprint density at radius 3 is 2.79 bits per heavy atom. The number of pyridine rings is 1. The van der Waals surface area contributed by atoms with E-state index in [9.17, 15) is 9.59 Å². The van der Waals surface area contributed by atoms with Crippen LogP contribution in [0.25, 0.3) is 0 Å². The zero-order valence-electron chi connectivity index (χ0n) is 18.9. The van der Waals surface area contributed by atoms with Gasteiger partial charge in [0.2, 0.25) is 0 Å². The summed E-state index contributed by atoms with van der Waals surface area (Å²) in [6, 6.07) is 10.6. The van der Waals surface area contributed by atoms with Gasteiger partial charge in [-0.15, -0.1) is 0 Å². The highest BCUT2D eigenvalue weighted by Gasteiger charge is 2.25. The predicted molar refractivity (Wildman–Crippen MR) is 131 cm³/mol. The number of carbonyl (C=O) groups is 2. The van der Waals surface area contributed by atoms with E-state index in [0.29, 0.717) is 29.4 Å². The van der Waals surface area contributed by atoms with Crippen molar-refractivity contribution in [2.45, 2.75) is 25.7 Å². The highest BCUT2D eigenvalue weighted by atomic mass is 35.5. The van der Waals surface area contributed by atoms with Crippen LogP contribution >= 0.6 is 11.6 Å². The predicted octanol–water partition coefficient (Wildman–Crippen LogP) is 4.71. The summed E-state index contributed by atoms with van der Waals surface area (Å²) in [7, 11) is 2.09. The number of likely N-dealkylation sites (tertiary alicyclic amines) is 1. The number of carbonyl (C=O) groups excluding carboxylic acids is 2. The quantitative estimate of drug-likeness (QED) is 0.556. The monoisotopic (exact) mass is 476 g/mol. The number of nitrogens with zero attached hydrogens (tertiary/aromatic N) is 3. The molecule has 2 aromatic heterocycles. The van der Waals surface area contributed by atoms with Crippen LogP contribution < -0.4 is 5.32 Å². The number of hydrogen-bond acceptors (Lipinski definition) is 6. The number of piperidine rings is 1. The number of Topliss-reactive ketones (excluding diaryl/α,β-unsaturated/α-hetero) is 1. The first-order valence-corrected chi connectivity index (χ1v) is 11.8. The van der Waals surface area contributed by atoms with Crippen LogP contribution in [0.5, 0.6) is 0 Å². The molecule has 8 heteroatoms. The zero-order valence-corrected chi connectivity index (χ0v) is 19.6. The number of ketones is 1. The van der Waals surface area contributed by atoms with Gasteiger partial charge in [-0.3, -0.25) is 9.59 Å². The van der Waals surface area contributed by atoms with E-state index in [2.05, 4.69) is 27.2 Å². The topological polar surface area (TPSA) is 87.8 Å². The molecule has 1 N–H and O–H groups in total. The molecular formula is C26H25ClN4O3. The molecule has 34 heavy (non-hydrogen) atoms. The minimum absolute atomic E-state index is 0.134. The van der Waals surface area contributed by atoms with Crippen LogP contribution in [-0.4, -0.2) is 47.4 Å². The van der Waals surface area contributed by atoms with E-state index in [1.807, 2.05) is 6.07 Å². The van der Waals surface area contributed by atoms with E-state index >= 15 is 0 Å². The van der Waals surface area contributed by atoms with Crippen molar-refractivity contribution in [2.75, 3.05) is 25.5 Å². The molecule has 174 valence electrons. The SMILES string of the molecule is CN1CCC(C(=O)Cc2cnc3c(c2)CC(c2cc(NC(=O)c4ccco4)ccc2Cl)=N3)CC1. The first kappa shape index (κ1) is 22.5. The molecule has 2 aliphatic heterocycles. The van der Waals surface area contributed by atoms with E-state index in [-0.39, 0.29) is 23.4 Å². The van der Waals surface area contributed by atoms with Crippen molar-refractivity contribution >= 4 is 40.5 Å². The molecule has 0 atom stereocenters. The van der Waals surface area contributed by atoms with Gasteiger partial charge in [-0.1, -0.05) is 11.6 Å². The molecule has 0 radical (unpaired) electrons. The Bertz CT molecular complexity index is 1260. The third kappa shape index (κ3) is 4.81. The van der Waals surface area contributed by atoms with Crippen molar-refractivity contribution in [1.29, 1.82) is 0 Å². The number of amides is 1. The van der Waals surface area contributed by atoms with Crippen LogP contribution in [-0.2, 0) is 17.6 Å². The number of benzene rings is 1. The summed E-state index contributed by atoms with van der Waals surface area (Å²) in [4.78, 5) is 36.5. The average molecular weight is 477 g/mol.